The lowest BCUT2D eigenvalue weighted by molar-refractivity contribution is -0.0520. The van der Waals surface area contributed by atoms with Crippen LogP contribution < -0.4 is 0 Å². The molecule has 5 heteroatoms. The van der Waals surface area contributed by atoms with Gasteiger partial charge in [0.25, 0.3) is 0 Å². The van der Waals surface area contributed by atoms with Gasteiger partial charge in [-0.1, -0.05) is 0 Å². The fraction of sp³-hybridized carbons (Fsp3) is 1.00. The molecular formula is C7H16O2S3. The first-order chi connectivity index (χ1) is 5.74. The van der Waals surface area contributed by atoms with Gasteiger partial charge in [0.2, 0.25) is 0 Å². The van der Waals surface area contributed by atoms with Crippen molar-refractivity contribution in [2.45, 2.75) is 0 Å². The maximum atomic E-state index is 5.25. The van der Waals surface area contributed by atoms with Gasteiger partial charge in [0.05, 0.1) is 6.61 Å². The highest BCUT2D eigenvalue weighted by molar-refractivity contribution is 7.82. The van der Waals surface area contributed by atoms with E-state index >= 15 is 0 Å². The molecule has 0 saturated carbocycles. The van der Waals surface area contributed by atoms with E-state index in [4.69, 9.17) is 9.47 Å². The molecule has 0 aromatic rings. The molecule has 74 valence electrons. The van der Waals surface area contributed by atoms with E-state index in [1.165, 1.54) is 0 Å². The van der Waals surface area contributed by atoms with Gasteiger partial charge in [0.15, 0.2) is 0 Å². The van der Waals surface area contributed by atoms with Gasteiger partial charge in [-0.3, -0.25) is 0 Å². The third kappa shape index (κ3) is 4.28. The van der Waals surface area contributed by atoms with Gasteiger partial charge in [0.1, 0.15) is 6.79 Å². The smallest absolute Gasteiger partial charge is 0.146 e. The zero-order chi connectivity index (χ0) is 9.45. The molecule has 0 fully saturated rings. The third-order valence-electron chi connectivity index (χ3n) is 1.62. The van der Waals surface area contributed by atoms with Crippen LogP contribution in [-0.4, -0.2) is 37.8 Å². The number of hydrogen-bond acceptors (Lipinski definition) is 5. The zero-order valence-electron chi connectivity index (χ0n) is 7.19. The van der Waals surface area contributed by atoms with Crippen molar-refractivity contribution in [3.8, 4) is 0 Å². The Hall–Kier alpha value is 0.970. The van der Waals surface area contributed by atoms with E-state index in [1.807, 2.05) is 0 Å². The van der Waals surface area contributed by atoms with E-state index in [2.05, 4.69) is 37.9 Å². The van der Waals surface area contributed by atoms with Crippen molar-refractivity contribution >= 4 is 37.9 Å². The van der Waals surface area contributed by atoms with E-state index in [1.54, 1.807) is 7.11 Å². The van der Waals surface area contributed by atoms with Crippen LogP contribution >= 0.6 is 37.9 Å². The van der Waals surface area contributed by atoms with Crippen molar-refractivity contribution < 1.29 is 9.47 Å². The van der Waals surface area contributed by atoms with Gasteiger partial charge < -0.3 is 9.47 Å². The average molecular weight is 228 g/mol. The molecule has 0 unspecified atom stereocenters. The Balaban J connectivity index is 3.76. The molecule has 0 amide bonds. The summed E-state index contributed by atoms with van der Waals surface area (Å²) in [7, 11) is 1.60. The van der Waals surface area contributed by atoms with Crippen LogP contribution in [0, 0.1) is 5.41 Å². The zero-order valence-corrected chi connectivity index (χ0v) is 9.88. The first kappa shape index (κ1) is 13.0. The molecule has 0 rings (SSSR count). The monoisotopic (exact) mass is 228 g/mol. The molecule has 0 aliphatic rings. The Morgan fingerprint density at radius 3 is 1.92 bits per heavy atom. The largest absolute Gasteiger partial charge is 0.359 e. The predicted octanol–water partition coefficient (Wildman–Crippen LogP) is 1.38. The molecule has 0 aliphatic carbocycles. The first-order valence-electron chi connectivity index (χ1n) is 3.64. The molecule has 0 saturated heterocycles. The minimum Gasteiger partial charge on any atom is -0.359 e. The van der Waals surface area contributed by atoms with E-state index < -0.39 is 0 Å². The normalized spacial score (nSPS) is 12.0. The molecular weight excluding hydrogens is 212 g/mol. The summed E-state index contributed by atoms with van der Waals surface area (Å²) < 4.78 is 10.0. The van der Waals surface area contributed by atoms with Crippen molar-refractivity contribution in [2.75, 3.05) is 37.8 Å². The van der Waals surface area contributed by atoms with Crippen LogP contribution in [0.1, 0.15) is 0 Å². The van der Waals surface area contributed by atoms with Crippen LogP contribution in [0.3, 0.4) is 0 Å². The van der Waals surface area contributed by atoms with Crippen molar-refractivity contribution in [2.24, 2.45) is 5.41 Å². The van der Waals surface area contributed by atoms with E-state index in [0.717, 1.165) is 17.3 Å². The fourth-order valence-corrected chi connectivity index (χ4v) is 2.10. The minimum atomic E-state index is -0.0339. The molecule has 0 heterocycles. The minimum absolute atomic E-state index is 0.0339. The van der Waals surface area contributed by atoms with Crippen LogP contribution in [-0.2, 0) is 9.47 Å². The standard InChI is InChI=1S/C7H16O2S3/c1-8-6-9-2-7(3-10,4-11)5-12/h10-12H,2-6H2,1H3. The van der Waals surface area contributed by atoms with Crippen molar-refractivity contribution in [1.82, 2.24) is 0 Å². The number of thiol groups is 3. The first-order valence-corrected chi connectivity index (χ1v) is 5.53. The second-order valence-electron chi connectivity index (χ2n) is 2.73. The van der Waals surface area contributed by atoms with E-state index in [0.29, 0.717) is 13.4 Å². The Kier molecular flexibility index (Phi) is 7.98. The molecule has 2 nitrogen and oxygen atoms in total. The van der Waals surface area contributed by atoms with Gasteiger partial charge in [-0.15, -0.1) is 0 Å². The van der Waals surface area contributed by atoms with Crippen LogP contribution in [0.4, 0.5) is 0 Å². The summed E-state index contributed by atoms with van der Waals surface area (Å²) in [6.07, 6.45) is 0. The molecule has 0 atom stereocenters. The number of rotatable bonds is 7. The summed E-state index contributed by atoms with van der Waals surface area (Å²) in [5.41, 5.74) is -0.0339. The summed E-state index contributed by atoms with van der Waals surface area (Å²) >= 11 is 12.7. The van der Waals surface area contributed by atoms with E-state index in [-0.39, 0.29) is 5.41 Å². The summed E-state index contributed by atoms with van der Waals surface area (Å²) in [5, 5.41) is 0. The van der Waals surface area contributed by atoms with Crippen molar-refractivity contribution in [3.05, 3.63) is 0 Å². The summed E-state index contributed by atoms with van der Waals surface area (Å²) in [6.45, 7) is 0.911. The summed E-state index contributed by atoms with van der Waals surface area (Å²) in [5.74, 6) is 2.18. The molecule has 0 radical (unpaired) electrons. The molecule has 0 spiro atoms. The lowest BCUT2D eigenvalue weighted by atomic mass is 9.97. The van der Waals surface area contributed by atoms with Crippen LogP contribution in [0.15, 0.2) is 0 Å². The lowest BCUT2D eigenvalue weighted by Gasteiger charge is -2.27. The maximum absolute atomic E-state index is 5.25. The third-order valence-corrected chi connectivity index (χ3v) is 3.63. The topological polar surface area (TPSA) is 18.5 Å². The van der Waals surface area contributed by atoms with Gasteiger partial charge in [-0.25, -0.2) is 0 Å². The molecule has 12 heavy (non-hydrogen) atoms. The molecule has 0 aliphatic heterocycles. The molecule has 0 aromatic carbocycles. The van der Waals surface area contributed by atoms with Crippen LogP contribution in [0.2, 0.25) is 0 Å². The van der Waals surface area contributed by atoms with E-state index in [9.17, 15) is 0 Å². The highest BCUT2D eigenvalue weighted by Crippen LogP contribution is 2.22. The van der Waals surface area contributed by atoms with Crippen LogP contribution in [0.25, 0.3) is 0 Å². The van der Waals surface area contributed by atoms with Crippen molar-refractivity contribution in [1.29, 1.82) is 0 Å². The quantitative estimate of drug-likeness (QED) is 0.347. The predicted molar refractivity (Wildman–Crippen MR) is 61.8 cm³/mol. The Labute approximate surface area is 90.6 Å². The van der Waals surface area contributed by atoms with Gasteiger partial charge >= 0.3 is 0 Å². The second-order valence-corrected chi connectivity index (χ2v) is 3.68. The van der Waals surface area contributed by atoms with Gasteiger partial charge in [-0.2, -0.15) is 37.9 Å². The number of ether oxygens (including phenoxy) is 2. The Bertz CT molecular complexity index is 98.6. The van der Waals surface area contributed by atoms with Crippen LogP contribution in [0.5, 0.6) is 0 Å². The SMILES string of the molecule is COCOCC(CS)(CS)CS. The Morgan fingerprint density at radius 1 is 1.08 bits per heavy atom. The lowest BCUT2D eigenvalue weighted by Crippen LogP contribution is -2.33. The average Bonchev–Trinajstić information content (AvgIpc) is 2.14. The second kappa shape index (κ2) is 7.38. The number of hydrogen-bond donors (Lipinski definition) is 3. The summed E-state index contributed by atoms with van der Waals surface area (Å²) in [4.78, 5) is 0. The fourth-order valence-electron chi connectivity index (χ4n) is 0.628. The highest BCUT2D eigenvalue weighted by Gasteiger charge is 2.25. The van der Waals surface area contributed by atoms with Gasteiger partial charge in [-0.05, 0) is 17.3 Å². The molecule has 0 N–H and O–H groups in total. The maximum Gasteiger partial charge on any atom is 0.146 e. The van der Waals surface area contributed by atoms with Gasteiger partial charge in [0, 0.05) is 12.5 Å². The number of methoxy groups -OCH3 is 1. The molecule has 0 bridgehead atoms. The molecule has 0 aromatic heterocycles. The summed E-state index contributed by atoms with van der Waals surface area (Å²) in [6, 6.07) is 0. The highest BCUT2D eigenvalue weighted by atomic mass is 32.1. The van der Waals surface area contributed by atoms with Crippen molar-refractivity contribution in [3.63, 3.8) is 0 Å². The Morgan fingerprint density at radius 2 is 1.58 bits per heavy atom.